The van der Waals surface area contributed by atoms with Crippen LogP contribution in [0.15, 0.2) is 42.0 Å². The van der Waals surface area contributed by atoms with E-state index >= 15 is 0 Å². The minimum Gasteiger partial charge on any atom is -0.380 e. The molecule has 0 radical (unpaired) electrons. The fourth-order valence-electron chi connectivity index (χ4n) is 2.24. The fourth-order valence-corrected chi connectivity index (χ4v) is 3.05. The van der Waals surface area contributed by atoms with Crippen LogP contribution in [-0.4, -0.2) is 23.6 Å². The third-order valence-electron chi connectivity index (χ3n) is 3.33. The minimum absolute atomic E-state index is 0.584. The summed E-state index contributed by atoms with van der Waals surface area (Å²) in [6.07, 6.45) is 2.34. The molecule has 23 heavy (non-hydrogen) atoms. The average Bonchev–Trinajstić information content (AvgIpc) is 3.06. The molecule has 1 N–H and O–H groups in total. The van der Waals surface area contributed by atoms with Gasteiger partial charge in [0, 0.05) is 25.6 Å². The Labute approximate surface area is 139 Å². The molecule has 5 heteroatoms. The van der Waals surface area contributed by atoms with Crippen molar-refractivity contribution in [2.24, 2.45) is 0 Å². The zero-order valence-corrected chi connectivity index (χ0v) is 13.7. The Morgan fingerprint density at radius 2 is 2.13 bits per heavy atom. The number of nitrogens with zero attached hydrogens (tertiary/aromatic N) is 2. The summed E-state index contributed by atoms with van der Waals surface area (Å²) < 4.78 is 6.28. The van der Waals surface area contributed by atoms with Crippen molar-refractivity contribution in [1.29, 1.82) is 0 Å². The van der Waals surface area contributed by atoms with Gasteiger partial charge in [0.25, 0.3) is 0 Å². The van der Waals surface area contributed by atoms with E-state index in [0.29, 0.717) is 6.61 Å². The summed E-state index contributed by atoms with van der Waals surface area (Å²) >= 11 is 1.64. The lowest BCUT2D eigenvalue weighted by atomic mass is 10.1. The lowest BCUT2D eigenvalue weighted by molar-refractivity contribution is 0.184. The number of anilines is 1. The molecule has 0 spiro atoms. The Hall–Kier alpha value is -2.42. The highest BCUT2D eigenvalue weighted by molar-refractivity contribution is 7.17. The van der Waals surface area contributed by atoms with E-state index in [9.17, 15) is 0 Å². The average molecular weight is 323 g/mol. The molecule has 0 aliphatic heterocycles. The standard InChI is InChI=1S/C18H17N3OS/c1-22-12-15-8-3-2-6-14(15)7-4-5-10-19-18-17-16(9-11-23-17)20-13-21-18/h2-3,6,8-9,11,13H,5,10,12H2,1H3,(H,19,20,21). The summed E-state index contributed by atoms with van der Waals surface area (Å²) in [4.78, 5) is 8.53. The van der Waals surface area contributed by atoms with E-state index in [-0.39, 0.29) is 0 Å². The van der Waals surface area contributed by atoms with Gasteiger partial charge in [-0.2, -0.15) is 0 Å². The van der Waals surface area contributed by atoms with E-state index in [1.54, 1.807) is 24.8 Å². The van der Waals surface area contributed by atoms with Gasteiger partial charge in [-0.05, 0) is 23.1 Å². The molecule has 1 aromatic carbocycles. The molecule has 3 rings (SSSR count). The third-order valence-corrected chi connectivity index (χ3v) is 4.24. The van der Waals surface area contributed by atoms with E-state index < -0.39 is 0 Å². The molecule has 0 aliphatic carbocycles. The highest BCUT2D eigenvalue weighted by atomic mass is 32.1. The first-order valence-electron chi connectivity index (χ1n) is 7.36. The lowest BCUT2D eigenvalue weighted by Crippen LogP contribution is -2.02. The van der Waals surface area contributed by atoms with Crippen molar-refractivity contribution in [3.05, 3.63) is 53.2 Å². The van der Waals surface area contributed by atoms with Gasteiger partial charge >= 0.3 is 0 Å². The number of hydrogen-bond acceptors (Lipinski definition) is 5. The smallest absolute Gasteiger partial charge is 0.147 e. The van der Waals surface area contributed by atoms with Crippen LogP contribution in [0.3, 0.4) is 0 Å². The number of ether oxygens (including phenoxy) is 1. The number of methoxy groups -OCH3 is 1. The van der Waals surface area contributed by atoms with Crippen LogP contribution in [-0.2, 0) is 11.3 Å². The van der Waals surface area contributed by atoms with E-state index in [1.165, 1.54) is 0 Å². The first-order chi connectivity index (χ1) is 11.4. The number of fused-ring (bicyclic) bond motifs is 1. The molecule has 0 saturated heterocycles. The lowest BCUT2D eigenvalue weighted by Gasteiger charge is -2.03. The largest absolute Gasteiger partial charge is 0.380 e. The van der Waals surface area contributed by atoms with Crippen LogP contribution in [0, 0.1) is 11.8 Å². The van der Waals surface area contributed by atoms with Gasteiger partial charge < -0.3 is 10.1 Å². The van der Waals surface area contributed by atoms with Gasteiger partial charge in [0.2, 0.25) is 0 Å². The van der Waals surface area contributed by atoms with Crippen LogP contribution in [0.1, 0.15) is 17.5 Å². The molecular weight excluding hydrogens is 306 g/mol. The van der Waals surface area contributed by atoms with Gasteiger partial charge in [-0.15, -0.1) is 11.3 Å². The van der Waals surface area contributed by atoms with Crippen molar-refractivity contribution >= 4 is 27.4 Å². The molecule has 3 aromatic rings. The molecule has 2 aromatic heterocycles. The van der Waals surface area contributed by atoms with Crippen LogP contribution in [0.25, 0.3) is 10.2 Å². The van der Waals surface area contributed by atoms with E-state index in [1.807, 2.05) is 35.7 Å². The summed E-state index contributed by atoms with van der Waals surface area (Å²) in [6.45, 7) is 1.34. The number of thiophene rings is 1. The summed E-state index contributed by atoms with van der Waals surface area (Å²) in [5.74, 6) is 7.30. The molecule has 0 bridgehead atoms. The van der Waals surface area contributed by atoms with Crippen LogP contribution in [0.5, 0.6) is 0 Å². The maximum absolute atomic E-state index is 5.19. The van der Waals surface area contributed by atoms with E-state index in [4.69, 9.17) is 4.74 Å². The summed E-state index contributed by atoms with van der Waals surface area (Å²) in [5, 5.41) is 5.36. The molecule has 4 nitrogen and oxygen atoms in total. The van der Waals surface area contributed by atoms with E-state index in [0.717, 1.165) is 40.1 Å². The van der Waals surface area contributed by atoms with E-state index in [2.05, 4.69) is 27.1 Å². The second kappa shape index (κ2) is 7.73. The molecule has 2 heterocycles. The van der Waals surface area contributed by atoms with Crippen LogP contribution >= 0.6 is 11.3 Å². The predicted octanol–water partition coefficient (Wildman–Crippen LogP) is 3.69. The normalized spacial score (nSPS) is 10.3. The molecule has 0 saturated carbocycles. The zero-order valence-electron chi connectivity index (χ0n) is 12.9. The number of hydrogen-bond donors (Lipinski definition) is 1. The van der Waals surface area contributed by atoms with Crippen molar-refractivity contribution in [2.45, 2.75) is 13.0 Å². The Morgan fingerprint density at radius 3 is 3.04 bits per heavy atom. The number of aromatic nitrogens is 2. The highest BCUT2D eigenvalue weighted by Gasteiger charge is 2.03. The summed E-state index contributed by atoms with van der Waals surface area (Å²) in [7, 11) is 1.70. The molecule has 116 valence electrons. The highest BCUT2D eigenvalue weighted by Crippen LogP contribution is 2.24. The summed E-state index contributed by atoms with van der Waals surface area (Å²) in [5.41, 5.74) is 3.12. The monoisotopic (exact) mass is 323 g/mol. The minimum atomic E-state index is 0.584. The maximum Gasteiger partial charge on any atom is 0.147 e. The van der Waals surface area contributed by atoms with Crippen molar-refractivity contribution in [2.75, 3.05) is 19.0 Å². The Kier molecular flexibility index (Phi) is 5.20. The van der Waals surface area contributed by atoms with Crippen LogP contribution < -0.4 is 5.32 Å². The van der Waals surface area contributed by atoms with Gasteiger partial charge in [0.1, 0.15) is 12.1 Å². The summed E-state index contributed by atoms with van der Waals surface area (Å²) in [6, 6.07) is 10.1. The first kappa shape index (κ1) is 15.5. The maximum atomic E-state index is 5.19. The molecule has 0 fully saturated rings. The number of benzene rings is 1. The molecule has 0 atom stereocenters. The Bertz CT molecular complexity index is 848. The molecular formula is C18H17N3OS. The van der Waals surface area contributed by atoms with Gasteiger partial charge in [-0.1, -0.05) is 30.0 Å². The van der Waals surface area contributed by atoms with Crippen molar-refractivity contribution in [1.82, 2.24) is 9.97 Å². The van der Waals surface area contributed by atoms with Gasteiger partial charge in [-0.3, -0.25) is 0 Å². The quantitative estimate of drug-likeness (QED) is 0.574. The molecule has 0 unspecified atom stereocenters. The Balaban J connectivity index is 1.60. The number of nitrogens with one attached hydrogen (secondary N) is 1. The second-order valence-corrected chi connectivity index (χ2v) is 5.84. The van der Waals surface area contributed by atoms with Crippen molar-refractivity contribution < 1.29 is 4.74 Å². The fraction of sp³-hybridized carbons (Fsp3) is 0.222. The first-order valence-corrected chi connectivity index (χ1v) is 8.24. The van der Waals surface area contributed by atoms with Crippen LogP contribution in [0.4, 0.5) is 5.82 Å². The molecule has 0 aliphatic rings. The van der Waals surface area contributed by atoms with Gasteiger partial charge in [0.15, 0.2) is 0 Å². The molecule has 0 amide bonds. The topological polar surface area (TPSA) is 47.0 Å². The Morgan fingerprint density at radius 1 is 1.22 bits per heavy atom. The third kappa shape index (κ3) is 3.86. The SMILES string of the molecule is COCc1ccccc1C#CCCNc1ncnc2ccsc12. The van der Waals surface area contributed by atoms with Crippen LogP contribution in [0.2, 0.25) is 0 Å². The van der Waals surface area contributed by atoms with Crippen molar-refractivity contribution in [3.63, 3.8) is 0 Å². The zero-order chi connectivity index (χ0) is 15.9. The predicted molar refractivity (Wildman–Crippen MR) is 94.6 cm³/mol. The van der Waals surface area contributed by atoms with Gasteiger partial charge in [-0.25, -0.2) is 9.97 Å². The van der Waals surface area contributed by atoms with Crippen molar-refractivity contribution in [3.8, 4) is 11.8 Å². The second-order valence-electron chi connectivity index (χ2n) is 4.93. The van der Waals surface area contributed by atoms with Gasteiger partial charge in [0.05, 0.1) is 16.8 Å². The number of rotatable bonds is 5.